The van der Waals surface area contributed by atoms with E-state index in [1.807, 2.05) is 24.3 Å². The van der Waals surface area contributed by atoms with E-state index in [2.05, 4.69) is 6.08 Å². The molecule has 68 valence electrons. The second-order valence-corrected chi connectivity index (χ2v) is 2.93. The van der Waals surface area contributed by atoms with Gasteiger partial charge >= 0.3 is 0 Å². The molecule has 0 spiro atoms. The van der Waals surface area contributed by atoms with Crippen LogP contribution >= 0.6 is 0 Å². The van der Waals surface area contributed by atoms with Crippen molar-refractivity contribution in [2.24, 2.45) is 0 Å². The Balaban J connectivity index is 2.22. The van der Waals surface area contributed by atoms with Gasteiger partial charge in [-0.1, -0.05) is 0 Å². The fourth-order valence-corrected chi connectivity index (χ4v) is 1.37. The van der Waals surface area contributed by atoms with Crippen molar-refractivity contribution in [3.63, 3.8) is 0 Å². The second kappa shape index (κ2) is 3.52. The van der Waals surface area contributed by atoms with E-state index in [0.29, 0.717) is 0 Å². The molecule has 0 saturated heterocycles. The Morgan fingerprint density at radius 1 is 1.23 bits per heavy atom. The van der Waals surface area contributed by atoms with Crippen LogP contribution < -0.4 is 4.74 Å². The maximum Gasteiger partial charge on any atom is 0.122 e. The van der Waals surface area contributed by atoms with Gasteiger partial charge in [0.05, 0.1) is 13.7 Å². The monoisotopic (exact) mass is 176 g/mol. The van der Waals surface area contributed by atoms with Crippen LogP contribution in [-0.4, -0.2) is 13.7 Å². The van der Waals surface area contributed by atoms with Crippen molar-refractivity contribution >= 4 is 5.76 Å². The number of benzene rings is 1. The minimum atomic E-state index is 0.807. The molecule has 0 saturated carbocycles. The summed E-state index contributed by atoms with van der Waals surface area (Å²) in [5.74, 6) is 1.87. The maximum absolute atomic E-state index is 5.43. The fourth-order valence-electron chi connectivity index (χ4n) is 1.37. The van der Waals surface area contributed by atoms with Gasteiger partial charge in [0, 0.05) is 12.0 Å². The molecule has 13 heavy (non-hydrogen) atoms. The highest BCUT2D eigenvalue weighted by molar-refractivity contribution is 5.61. The minimum Gasteiger partial charge on any atom is -0.497 e. The first kappa shape index (κ1) is 8.17. The third kappa shape index (κ3) is 1.66. The average molecular weight is 176 g/mol. The topological polar surface area (TPSA) is 18.5 Å². The first-order valence-corrected chi connectivity index (χ1v) is 4.37. The van der Waals surface area contributed by atoms with Crippen LogP contribution in [0.1, 0.15) is 12.0 Å². The molecule has 1 heterocycles. The molecular weight excluding hydrogens is 164 g/mol. The number of ether oxygens (including phenoxy) is 2. The van der Waals surface area contributed by atoms with Crippen molar-refractivity contribution in [2.45, 2.75) is 6.42 Å². The molecule has 0 amide bonds. The second-order valence-electron chi connectivity index (χ2n) is 2.93. The number of rotatable bonds is 2. The van der Waals surface area contributed by atoms with E-state index < -0.39 is 0 Å². The molecule has 0 fully saturated rings. The standard InChI is InChI=1S/C11H12O2/c1-12-10-6-4-9(5-7-10)11-3-2-8-13-11/h3-7H,2,8H2,1H3. The quantitative estimate of drug-likeness (QED) is 0.689. The van der Waals surface area contributed by atoms with Crippen molar-refractivity contribution in [3.8, 4) is 5.75 Å². The molecule has 0 aliphatic carbocycles. The van der Waals surface area contributed by atoms with E-state index in [4.69, 9.17) is 9.47 Å². The van der Waals surface area contributed by atoms with Crippen molar-refractivity contribution in [2.75, 3.05) is 13.7 Å². The Kier molecular flexibility index (Phi) is 2.21. The zero-order valence-corrected chi connectivity index (χ0v) is 7.62. The van der Waals surface area contributed by atoms with Crippen LogP contribution in [0, 0.1) is 0 Å². The van der Waals surface area contributed by atoms with Crippen LogP contribution in [0.25, 0.3) is 5.76 Å². The van der Waals surface area contributed by atoms with Gasteiger partial charge in [-0.3, -0.25) is 0 Å². The number of hydrogen-bond acceptors (Lipinski definition) is 2. The number of hydrogen-bond donors (Lipinski definition) is 0. The lowest BCUT2D eigenvalue weighted by Gasteiger charge is -2.04. The van der Waals surface area contributed by atoms with Crippen LogP contribution in [0.5, 0.6) is 5.75 Å². The summed E-state index contributed by atoms with van der Waals surface area (Å²) >= 11 is 0. The molecule has 1 aliphatic heterocycles. The van der Waals surface area contributed by atoms with Gasteiger partial charge < -0.3 is 9.47 Å². The predicted molar refractivity (Wildman–Crippen MR) is 51.5 cm³/mol. The van der Waals surface area contributed by atoms with Crippen molar-refractivity contribution in [1.29, 1.82) is 0 Å². The fraction of sp³-hybridized carbons (Fsp3) is 0.273. The molecule has 2 heteroatoms. The minimum absolute atomic E-state index is 0.807. The van der Waals surface area contributed by atoms with E-state index in [-0.39, 0.29) is 0 Å². The zero-order valence-electron chi connectivity index (χ0n) is 7.62. The molecule has 0 radical (unpaired) electrons. The molecule has 0 aromatic heterocycles. The van der Waals surface area contributed by atoms with Crippen LogP contribution in [0.4, 0.5) is 0 Å². The largest absolute Gasteiger partial charge is 0.497 e. The van der Waals surface area contributed by atoms with Crippen LogP contribution in [-0.2, 0) is 4.74 Å². The van der Waals surface area contributed by atoms with Gasteiger partial charge in [0.15, 0.2) is 0 Å². The molecule has 0 N–H and O–H groups in total. The van der Waals surface area contributed by atoms with E-state index in [9.17, 15) is 0 Å². The zero-order chi connectivity index (χ0) is 9.10. The van der Waals surface area contributed by atoms with Gasteiger partial charge in [0.2, 0.25) is 0 Å². The summed E-state index contributed by atoms with van der Waals surface area (Å²) in [7, 11) is 1.67. The lowest BCUT2D eigenvalue weighted by atomic mass is 10.2. The molecule has 2 nitrogen and oxygen atoms in total. The number of methoxy groups -OCH3 is 1. The normalized spacial score (nSPS) is 15.0. The summed E-state index contributed by atoms with van der Waals surface area (Å²) < 4.78 is 10.5. The lowest BCUT2D eigenvalue weighted by Crippen LogP contribution is -1.87. The highest BCUT2D eigenvalue weighted by atomic mass is 16.5. The summed E-state index contributed by atoms with van der Waals surface area (Å²) in [6.45, 7) is 0.807. The van der Waals surface area contributed by atoms with Gasteiger partial charge in [0.1, 0.15) is 11.5 Å². The molecule has 0 bridgehead atoms. The Morgan fingerprint density at radius 2 is 2.00 bits per heavy atom. The molecule has 1 aromatic carbocycles. The Bertz CT molecular complexity index is 311. The van der Waals surface area contributed by atoms with E-state index in [0.717, 1.165) is 30.1 Å². The molecule has 2 rings (SSSR count). The van der Waals surface area contributed by atoms with Crippen molar-refractivity contribution in [3.05, 3.63) is 35.9 Å². The summed E-state index contributed by atoms with van der Waals surface area (Å²) in [6, 6.07) is 7.90. The van der Waals surface area contributed by atoms with E-state index in [1.165, 1.54) is 0 Å². The van der Waals surface area contributed by atoms with E-state index in [1.54, 1.807) is 7.11 Å². The molecule has 0 atom stereocenters. The predicted octanol–water partition coefficient (Wildman–Crippen LogP) is 2.46. The van der Waals surface area contributed by atoms with Crippen molar-refractivity contribution < 1.29 is 9.47 Å². The van der Waals surface area contributed by atoms with Gasteiger partial charge in [-0.15, -0.1) is 0 Å². The van der Waals surface area contributed by atoms with Crippen LogP contribution in [0.3, 0.4) is 0 Å². The third-order valence-corrected chi connectivity index (χ3v) is 2.08. The van der Waals surface area contributed by atoms with Gasteiger partial charge in [-0.05, 0) is 30.3 Å². The maximum atomic E-state index is 5.43. The summed E-state index contributed by atoms with van der Waals surface area (Å²) in [5, 5.41) is 0. The molecule has 1 aromatic rings. The summed E-state index contributed by atoms with van der Waals surface area (Å²) in [5.41, 5.74) is 1.12. The smallest absolute Gasteiger partial charge is 0.122 e. The summed E-state index contributed by atoms with van der Waals surface area (Å²) in [6.07, 6.45) is 3.13. The van der Waals surface area contributed by atoms with Gasteiger partial charge in [0.25, 0.3) is 0 Å². The molecule has 0 unspecified atom stereocenters. The van der Waals surface area contributed by atoms with Gasteiger partial charge in [-0.25, -0.2) is 0 Å². The SMILES string of the molecule is COc1ccc(C2=CCCO2)cc1. The average Bonchev–Trinajstić information content (AvgIpc) is 2.71. The first-order chi connectivity index (χ1) is 6.40. The van der Waals surface area contributed by atoms with Crippen LogP contribution in [0.2, 0.25) is 0 Å². The Labute approximate surface area is 77.8 Å². The highest BCUT2D eigenvalue weighted by Gasteiger charge is 2.07. The lowest BCUT2D eigenvalue weighted by molar-refractivity contribution is 0.307. The first-order valence-electron chi connectivity index (χ1n) is 4.37. The van der Waals surface area contributed by atoms with Crippen LogP contribution in [0.15, 0.2) is 30.3 Å². The molecular formula is C11H12O2. The Hall–Kier alpha value is -1.44. The highest BCUT2D eigenvalue weighted by Crippen LogP contribution is 2.23. The molecule has 1 aliphatic rings. The third-order valence-electron chi connectivity index (χ3n) is 2.08. The van der Waals surface area contributed by atoms with Crippen molar-refractivity contribution in [1.82, 2.24) is 0 Å². The summed E-state index contributed by atoms with van der Waals surface area (Å²) in [4.78, 5) is 0. The Morgan fingerprint density at radius 3 is 2.54 bits per heavy atom. The van der Waals surface area contributed by atoms with E-state index >= 15 is 0 Å². The van der Waals surface area contributed by atoms with Gasteiger partial charge in [-0.2, -0.15) is 0 Å².